The van der Waals surface area contributed by atoms with E-state index < -0.39 is 5.97 Å². The first-order chi connectivity index (χ1) is 14.1. The van der Waals surface area contributed by atoms with Gasteiger partial charge in [0.1, 0.15) is 11.4 Å². The molecule has 1 amide bonds. The molecule has 2 aliphatic rings. The minimum atomic E-state index is -1.12. The van der Waals surface area contributed by atoms with Crippen LogP contribution in [0.5, 0.6) is 5.88 Å². The summed E-state index contributed by atoms with van der Waals surface area (Å²) in [5.41, 5.74) is 4.75. The fraction of sp³-hybridized carbons (Fsp3) is 0.435. The molecule has 0 bridgehead atoms. The molecule has 2 aliphatic carbocycles. The number of pyridine rings is 1. The fourth-order valence-electron chi connectivity index (χ4n) is 4.71. The van der Waals surface area contributed by atoms with Crippen molar-refractivity contribution in [3.8, 4) is 5.88 Å². The minimum Gasteiger partial charge on any atom is -0.480 e. The summed E-state index contributed by atoms with van der Waals surface area (Å²) in [4.78, 5) is 28.3. The van der Waals surface area contributed by atoms with Crippen molar-refractivity contribution in [2.24, 2.45) is 0 Å². The number of nitrogens with zero attached hydrogens (tertiary/aromatic N) is 1. The molecule has 2 aromatic rings. The highest BCUT2D eigenvalue weighted by Gasteiger charge is 2.25. The summed E-state index contributed by atoms with van der Waals surface area (Å²) in [5.74, 6) is -0.465. The Kier molecular flexibility index (Phi) is 5.51. The SMILES string of the molecule is COc1nc(NC(=O)c2cc3c4c(c2)CCCCC4CCCC3)ccc1C(=O)O. The summed E-state index contributed by atoms with van der Waals surface area (Å²) in [7, 11) is 1.36. The van der Waals surface area contributed by atoms with Crippen molar-refractivity contribution in [1.82, 2.24) is 4.98 Å². The lowest BCUT2D eigenvalue weighted by molar-refractivity contribution is 0.0692. The van der Waals surface area contributed by atoms with Crippen LogP contribution in [0, 0.1) is 0 Å². The molecule has 6 heteroatoms. The van der Waals surface area contributed by atoms with Gasteiger partial charge >= 0.3 is 5.97 Å². The molecule has 0 radical (unpaired) electrons. The number of methoxy groups -OCH3 is 1. The molecule has 29 heavy (non-hydrogen) atoms. The van der Waals surface area contributed by atoms with Crippen molar-refractivity contribution in [1.29, 1.82) is 0 Å². The second-order valence-electron chi connectivity index (χ2n) is 7.91. The molecule has 2 N–H and O–H groups in total. The molecule has 1 aromatic carbocycles. The van der Waals surface area contributed by atoms with Crippen LogP contribution in [-0.4, -0.2) is 29.1 Å². The third-order valence-corrected chi connectivity index (χ3v) is 6.04. The van der Waals surface area contributed by atoms with Gasteiger partial charge in [0.25, 0.3) is 5.91 Å². The van der Waals surface area contributed by atoms with Crippen LogP contribution in [-0.2, 0) is 12.8 Å². The van der Waals surface area contributed by atoms with Gasteiger partial charge < -0.3 is 15.2 Å². The molecule has 1 heterocycles. The van der Waals surface area contributed by atoms with Crippen LogP contribution in [0.2, 0.25) is 0 Å². The smallest absolute Gasteiger partial charge is 0.341 e. The second kappa shape index (κ2) is 8.23. The number of rotatable bonds is 4. The van der Waals surface area contributed by atoms with Gasteiger partial charge in [0.15, 0.2) is 0 Å². The Bertz CT molecular complexity index is 921. The third-order valence-electron chi connectivity index (χ3n) is 6.04. The van der Waals surface area contributed by atoms with Crippen molar-refractivity contribution in [3.63, 3.8) is 0 Å². The zero-order valence-electron chi connectivity index (χ0n) is 16.7. The molecule has 4 rings (SSSR count). The van der Waals surface area contributed by atoms with E-state index in [1.54, 1.807) is 0 Å². The van der Waals surface area contributed by atoms with E-state index in [4.69, 9.17) is 4.74 Å². The normalized spacial score (nSPS) is 16.3. The van der Waals surface area contributed by atoms with Gasteiger partial charge in [-0.05, 0) is 85.4 Å². The van der Waals surface area contributed by atoms with Crippen molar-refractivity contribution < 1.29 is 19.4 Å². The molecule has 0 spiro atoms. The highest BCUT2D eigenvalue weighted by molar-refractivity contribution is 6.04. The zero-order valence-corrected chi connectivity index (χ0v) is 16.7. The first-order valence-electron chi connectivity index (χ1n) is 10.3. The lowest BCUT2D eigenvalue weighted by Gasteiger charge is -2.20. The van der Waals surface area contributed by atoms with Gasteiger partial charge in [-0.1, -0.05) is 12.8 Å². The number of carbonyl (C=O) groups is 2. The topological polar surface area (TPSA) is 88.5 Å². The van der Waals surface area contributed by atoms with E-state index in [0.717, 1.165) is 12.8 Å². The molecule has 0 saturated carbocycles. The highest BCUT2D eigenvalue weighted by Crippen LogP contribution is 2.40. The number of nitrogens with one attached hydrogen (secondary N) is 1. The molecule has 0 unspecified atom stereocenters. The van der Waals surface area contributed by atoms with Crippen molar-refractivity contribution in [2.45, 2.75) is 57.3 Å². The maximum atomic E-state index is 12.9. The number of ether oxygens (including phenoxy) is 1. The average Bonchev–Trinajstić information content (AvgIpc) is 3.05. The first kappa shape index (κ1) is 19.4. The van der Waals surface area contributed by atoms with Gasteiger partial charge in [-0.25, -0.2) is 4.79 Å². The van der Waals surface area contributed by atoms with Gasteiger partial charge in [-0.3, -0.25) is 4.79 Å². The number of aromatic carboxylic acids is 1. The summed E-state index contributed by atoms with van der Waals surface area (Å²) in [5, 5.41) is 12.0. The molecule has 0 atom stereocenters. The molecule has 0 aliphatic heterocycles. The molecular weight excluding hydrogens is 368 g/mol. The van der Waals surface area contributed by atoms with Gasteiger partial charge in [-0.15, -0.1) is 0 Å². The van der Waals surface area contributed by atoms with E-state index in [9.17, 15) is 14.7 Å². The van der Waals surface area contributed by atoms with E-state index in [0.29, 0.717) is 11.5 Å². The Morgan fingerprint density at radius 3 is 2.31 bits per heavy atom. The van der Waals surface area contributed by atoms with Crippen LogP contribution in [0.25, 0.3) is 0 Å². The Labute approximate surface area is 170 Å². The number of hydrogen-bond acceptors (Lipinski definition) is 4. The molecule has 1 aromatic heterocycles. The maximum absolute atomic E-state index is 12.9. The van der Waals surface area contributed by atoms with Gasteiger partial charge in [-0.2, -0.15) is 4.98 Å². The first-order valence-corrected chi connectivity index (χ1v) is 10.3. The minimum absolute atomic E-state index is 0.0216. The standard InChI is InChI=1S/C23H26N2O4/c1-29-22-18(23(27)28)10-11-19(25-22)24-21(26)17-12-15-8-4-2-6-14-7-3-5-9-16(13-17)20(14)15/h10-14H,2-9H2,1H3,(H,27,28)(H,24,25,26). The summed E-state index contributed by atoms with van der Waals surface area (Å²) in [6, 6.07) is 6.96. The Balaban J connectivity index is 1.64. The Morgan fingerprint density at radius 1 is 1.07 bits per heavy atom. The zero-order chi connectivity index (χ0) is 20.4. The molecule has 152 valence electrons. The quantitative estimate of drug-likeness (QED) is 0.793. The molecule has 6 nitrogen and oxygen atoms in total. The van der Waals surface area contributed by atoms with E-state index >= 15 is 0 Å². The van der Waals surface area contributed by atoms with Crippen molar-refractivity contribution in [3.05, 3.63) is 52.1 Å². The highest BCUT2D eigenvalue weighted by atomic mass is 16.5. The number of anilines is 1. The summed E-state index contributed by atoms with van der Waals surface area (Å²) >= 11 is 0. The fourth-order valence-corrected chi connectivity index (χ4v) is 4.71. The number of benzene rings is 1. The van der Waals surface area contributed by atoms with E-state index in [1.807, 2.05) is 12.1 Å². The molecule has 0 fully saturated rings. The van der Waals surface area contributed by atoms with Crippen LogP contribution in [0.15, 0.2) is 24.3 Å². The summed E-state index contributed by atoms with van der Waals surface area (Å²) < 4.78 is 5.05. The predicted molar refractivity (Wildman–Crippen MR) is 110 cm³/mol. The monoisotopic (exact) mass is 394 g/mol. The van der Waals surface area contributed by atoms with Crippen LogP contribution in [0.3, 0.4) is 0 Å². The predicted octanol–water partition coefficient (Wildman–Crippen LogP) is 4.58. The van der Waals surface area contributed by atoms with Gasteiger partial charge in [0.2, 0.25) is 5.88 Å². The van der Waals surface area contributed by atoms with E-state index in [2.05, 4.69) is 10.3 Å². The summed E-state index contributed by atoms with van der Waals surface area (Å²) in [6.07, 6.45) is 9.40. The van der Waals surface area contributed by atoms with Crippen LogP contribution in [0.1, 0.15) is 81.8 Å². The average molecular weight is 394 g/mol. The third kappa shape index (κ3) is 3.97. The van der Waals surface area contributed by atoms with E-state index in [-0.39, 0.29) is 23.2 Å². The number of carbonyl (C=O) groups excluding carboxylic acids is 1. The number of carboxylic acid groups (broad SMARTS) is 1. The number of aromatic nitrogens is 1. The lowest BCUT2D eigenvalue weighted by Crippen LogP contribution is -2.16. The number of hydrogen-bond donors (Lipinski definition) is 2. The maximum Gasteiger partial charge on any atom is 0.341 e. The second-order valence-corrected chi connectivity index (χ2v) is 7.91. The van der Waals surface area contributed by atoms with Crippen molar-refractivity contribution >= 4 is 17.7 Å². The number of aryl methyl sites for hydroxylation is 2. The number of carboxylic acids is 1. The number of amides is 1. The Morgan fingerprint density at radius 2 is 1.72 bits per heavy atom. The van der Waals surface area contributed by atoms with Gasteiger partial charge in [0, 0.05) is 5.56 Å². The molecule has 0 saturated heterocycles. The van der Waals surface area contributed by atoms with Gasteiger partial charge in [0.05, 0.1) is 7.11 Å². The van der Waals surface area contributed by atoms with Crippen LogP contribution in [0.4, 0.5) is 5.82 Å². The largest absolute Gasteiger partial charge is 0.480 e. The van der Waals surface area contributed by atoms with Crippen LogP contribution >= 0.6 is 0 Å². The lowest BCUT2D eigenvalue weighted by atomic mass is 9.86. The van der Waals surface area contributed by atoms with E-state index in [1.165, 1.54) is 74.5 Å². The molecular formula is C23H26N2O4. The van der Waals surface area contributed by atoms with Crippen LogP contribution < -0.4 is 10.1 Å². The summed E-state index contributed by atoms with van der Waals surface area (Å²) in [6.45, 7) is 0. The Hall–Kier alpha value is -2.89. The van der Waals surface area contributed by atoms with Crippen molar-refractivity contribution in [2.75, 3.05) is 12.4 Å².